The summed E-state index contributed by atoms with van der Waals surface area (Å²) in [5, 5.41) is 14.9. The van der Waals surface area contributed by atoms with Crippen LogP contribution in [0.4, 0.5) is 0 Å². The molecule has 1 saturated heterocycles. The van der Waals surface area contributed by atoms with E-state index in [1.165, 1.54) is 12.8 Å². The van der Waals surface area contributed by atoms with Gasteiger partial charge < -0.3 is 5.11 Å². The van der Waals surface area contributed by atoms with E-state index in [-0.39, 0.29) is 12.1 Å². The van der Waals surface area contributed by atoms with E-state index in [1.807, 2.05) is 20.9 Å². The number of aromatic nitrogens is 2. The lowest BCUT2D eigenvalue weighted by molar-refractivity contribution is 0.0316. The number of rotatable bonds is 3. The predicted molar refractivity (Wildman–Crippen MR) is 72.7 cm³/mol. The fourth-order valence-electron chi connectivity index (χ4n) is 2.82. The van der Waals surface area contributed by atoms with E-state index in [4.69, 9.17) is 11.6 Å². The van der Waals surface area contributed by atoms with Crippen LogP contribution in [0.5, 0.6) is 0 Å². The van der Waals surface area contributed by atoms with E-state index >= 15 is 0 Å². The lowest BCUT2D eigenvalue weighted by Crippen LogP contribution is -2.45. The van der Waals surface area contributed by atoms with E-state index in [0.29, 0.717) is 5.15 Å². The van der Waals surface area contributed by atoms with Gasteiger partial charge in [-0.1, -0.05) is 18.0 Å². The van der Waals surface area contributed by atoms with Crippen molar-refractivity contribution in [3.8, 4) is 0 Å². The van der Waals surface area contributed by atoms with Crippen LogP contribution in [-0.2, 0) is 13.6 Å². The average Bonchev–Trinajstić information content (AvgIpc) is 2.56. The summed E-state index contributed by atoms with van der Waals surface area (Å²) in [5.74, 6) is 0. The molecule has 0 bridgehead atoms. The highest BCUT2D eigenvalue weighted by atomic mass is 35.5. The molecular weight excluding hydrogens is 250 g/mol. The third-order valence-corrected chi connectivity index (χ3v) is 4.32. The minimum Gasteiger partial charge on any atom is -0.392 e. The Labute approximate surface area is 114 Å². The van der Waals surface area contributed by atoms with Crippen molar-refractivity contribution in [1.82, 2.24) is 14.7 Å². The smallest absolute Gasteiger partial charge is 0.131 e. The molecule has 0 radical (unpaired) electrons. The van der Waals surface area contributed by atoms with Gasteiger partial charge in [-0.25, -0.2) is 0 Å². The summed E-state index contributed by atoms with van der Waals surface area (Å²) in [7, 11) is 1.86. The lowest BCUT2D eigenvalue weighted by Gasteiger charge is -2.37. The van der Waals surface area contributed by atoms with E-state index in [0.717, 1.165) is 30.8 Å². The maximum Gasteiger partial charge on any atom is 0.131 e. The molecule has 1 N–H and O–H groups in total. The van der Waals surface area contributed by atoms with Gasteiger partial charge in [-0.05, 0) is 33.2 Å². The normalized spacial score (nSPS) is 23.3. The summed E-state index contributed by atoms with van der Waals surface area (Å²) in [5.41, 5.74) is 2.07. The molecule has 2 rings (SSSR count). The molecule has 102 valence electrons. The van der Waals surface area contributed by atoms with E-state index in [2.05, 4.69) is 10.00 Å². The van der Waals surface area contributed by atoms with Crippen LogP contribution < -0.4 is 0 Å². The number of aliphatic hydroxyl groups is 1. The molecule has 0 amide bonds. The third-order valence-electron chi connectivity index (χ3n) is 3.85. The van der Waals surface area contributed by atoms with Crippen molar-refractivity contribution in [2.75, 3.05) is 6.54 Å². The van der Waals surface area contributed by atoms with Gasteiger partial charge in [-0.15, -0.1) is 0 Å². The van der Waals surface area contributed by atoms with Crippen LogP contribution in [0.3, 0.4) is 0 Å². The highest BCUT2D eigenvalue weighted by Gasteiger charge is 2.27. The zero-order valence-electron chi connectivity index (χ0n) is 11.4. The molecule has 18 heavy (non-hydrogen) atoms. The standard InChI is InChI=1S/C13H22ClN3O/c1-9-11(13(14)16(3)15-9)8-17-7-5-4-6-12(17)10(2)18/h10,12,18H,4-8H2,1-3H3. The number of likely N-dealkylation sites (tertiary alicyclic amines) is 1. The maximum atomic E-state index is 9.87. The molecule has 0 aromatic carbocycles. The largest absolute Gasteiger partial charge is 0.392 e. The quantitative estimate of drug-likeness (QED) is 0.916. The lowest BCUT2D eigenvalue weighted by atomic mass is 9.97. The molecule has 1 aliphatic rings. The summed E-state index contributed by atoms with van der Waals surface area (Å²) in [4.78, 5) is 2.34. The molecule has 1 aromatic rings. The molecule has 1 fully saturated rings. The van der Waals surface area contributed by atoms with Gasteiger partial charge in [0, 0.05) is 25.2 Å². The Morgan fingerprint density at radius 3 is 2.78 bits per heavy atom. The van der Waals surface area contributed by atoms with Gasteiger partial charge >= 0.3 is 0 Å². The molecule has 0 aliphatic carbocycles. The summed E-state index contributed by atoms with van der Waals surface area (Å²) < 4.78 is 1.72. The molecule has 0 spiro atoms. The second kappa shape index (κ2) is 5.59. The molecule has 1 aliphatic heterocycles. The fourth-order valence-corrected chi connectivity index (χ4v) is 3.05. The van der Waals surface area contributed by atoms with Crippen molar-refractivity contribution in [3.63, 3.8) is 0 Å². The number of halogens is 1. The fraction of sp³-hybridized carbons (Fsp3) is 0.769. The summed E-state index contributed by atoms with van der Waals surface area (Å²) >= 11 is 6.27. The topological polar surface area (TPSA) is 41.3 Å². The highest BCUT2D eigenvalue weighted by molar-refractivity contribution is 6.30. The van der Waals surface area contributed by atoms with Crippen LogP contribution in [0.15, 0.2) is 0 Å². The van der Waals surface area contributed by atoms with Gasteiger partial charge in [-0.2, -0.15) is 5.10 Å². The van der Waals surface area contributed by atoms with E-state index in [1.54, 1.807) is 4.68 Å². The Bertz CT molecular complexity index is 417. The first-order valence-corrected chi connectivity index (χ1v) is 6.98. The Kier molecular flexibility index (Phi) is 4.30. The van der Waals surface area contributed by atoms with Crippen molar-refractivity contribution in [2.24, 2.45) is 7.05 Å². The summed E-state index contributed by atoms with van der Waals surface area (Å²) in [6.07, 6.45) is 3.17. The number of hydrogen-bond donors (Lipinski definition) is 1. The predicted octanol–water partition coefficient (Wildman–Crippen LogP) is 2.12. The number of aryl methyl sites for hydroxylation is 2. The minimum absolute atomic E-state index is 0.245. The van der Waals surface area contributed by atoms with Crippen LogP contribution in [0.1, 0.15) is 37.4 Å². The summed E-state index contributed by atoms with van der Waals surface area (Å²) in [6.45, 7) is 5.68. The molecule has 5 heteroatoms. The van der Waals surface area contributed by atoms with Crippen molar-refractivity contribution in [3.05, 3.63) is 16.4 Å². The zero-order valence-corrected chi connectivity index (χ0v) is 12.1. The van der Waals surface area contributed by atoms with Gasteiger partial charge in [0.2, 0.25) is 0 Å². The molecule has 0 saturated carbocycles. The van der Waals surface area contributed by atoms with Crippen LogP contribution in [0.2, 0.25) is 5.15 Å². The van der Waals surface area contributed by atoms with Crippen molar-refractivity contribution in [2.45, 2.75) is 51.8 Å². The van der Waals surface area contributed by atoms with Gasteiger partial charge in [0.25, 0.3) is 0 Å². The Hall–Kier alpha value is -0.580. The molecule has 2 atom stereocenters. The Morgan fingerprint density at radius 2 is 2.22 bits per heavy atom. The first kappa shape index (κ1) is 13.8. The van der Waals surface area contributed by atoms with E-state index < -0.39 is 0 Å². The SMILES string of the molecule is Cc1nn(C)c(Cl)c1CN1CCCCC1C(C)O. The third kappa shape index (κ3) is 2.71. The first-order valence-electron chi connectivity index (χ1n) is 6.60. The molecular formula is C13H22ClN3O. The van der Waals surface area contributed by atoms with E-state index in [9.17, 15) is 5.11 Å². The number of aliphatic hydroxyl groups excluding tert-OH is 1. The maximum absolute atomic E-state index is 9.87. The van der Waals surface area contributed by atoms with Crippen molar-refractivity contribution < 1.29 is 5.11 Å². The Morgan fingerprint density at radius 1 is 1.50 bits per heavy atom. The van der Waals surface area contributed by atoms with Crippen LogP contribution >= 0.6 is 11.6 Å². The van der Waals surface area contributed by atoms with Crippen molar-refractivity contribution >= 4 is 11.6 Å². The number of hydrogen-bond acceptors (Lipinski definition) is 3. The van der Waals surface area contributed by atoms with Gasteiger partial charge in [0.1, 0.15) is 5.15 Å². The molecule has 2 heterocycles. The van der Waals surface area contributed by atoms with Gasteiger partial charge in [0.05, 0.1) is 11.8 Å². The zero-order chi connectivity index (χ0) is 13.3. The summed E-state index contributed by atoms with van der Waals surface area (Å²) in [6, 6.07) is 0.245. The second-order valence-corrected chi connectivity index (χ2v) is 5.61. The highest BCUT2D eigenvalue weighted by Crippen LogP contribution is 2.26. The second-order valence-electron chi connectivity index (χ2n) is 5.25. The monoisotopic (exact) mass is 271 g/mol. The van der Waals surface area contributed by atoms with Crippen molar-refractivity contribution in [1.29, 1.82) is 0 Å². The van der Waals surface area contributed by atoms with Gasteiger partial charge in [0.15, 0.2) is 0 Å². The number of piperidine rings is 1. The average molecular weight is 272 g/mol. The first-order chi connectivity index (χ1) is 8.50. The minimum atomic E-state index is -0.291. The molecule has 4 nitrogen and oxygen atoms in total. The number of nitrogens with zero attached hydrogens (tertiary/aromatic N) is 3. The van der Waals surface area contributed by atoms with Crippen LogP contribution in [-0.4, -0.2) is 38.5 Å². The van der Waals surface area contributed by atoms with Crippen LogP contribution in [0, 0.1) is 6.92 Å². The molecule has 1 aromatic heterocycles. The molecule has 2 unspecified atom stereocenters. The van der Waals surface area contributed by atoms with Gasteiger partial charge in [-0.3, -0.25) is 9.58 Å². The Balaban J connectivity index is 2.16. The van der Waals surface area contributed by atoms with Crippen LogP contribution in [0.25, 0.3) is 0 Å².